The van der Waals surface area contributed by atoms with Gasteiger partial charge in [-0.15, -0.1) is 0 Å². The molecule has 0 bridgehead atoms. The predicted molar refractivity (Wildman–Crippen MR) is 156 cm³/mol. The van der Waals surface area contributed by atoms with E-state index < -0.39 is 0 Å². The van der Waals surface area contributed by atoms with Gasteiger partial charge in [-0.2, -0.15) is 5.10 Å². The van der Waals surface area contributed by atoms with E-state index in [1.807, 2.05) is 71.7 Å². The fourth-order valence-corrected chi connectivity index (χ4v) is 5.69. The van der Waals surface area contributed by atoms with Crippen LogP contribution in [-0.2, 0) is 6.42 Å². The highest BCUT2D eigenvalue weighted by Gasteiger charge is 2.34. The van der Waals surface area contributed by atoms with E-state index in [0.717, 1.165) is 50.5 Å². The monoisotopic (exact) mass is 549 g/mol. The predicted octanol–water partition coefficient (Wildman–Crippen LogP) is 7.55. The van der Waals surface area contributed by atoms with Gasteiger partial charge in [0.25, 0.3) is 0 Å². The van der Waals surface area contributed by atoms with Gasteiger partial charge in [-0.1, -0.05) is 36.5 Å². The average molecular weight is 550 g/mol. The van der Waals surface area contributed by atoms with Gasteiger partial charge < -0.3 is 13.9 Å². The number of ether oxygens (including phenoxy) is 2. The second-order valence-electron chi connectivity index (χ2n) is 9.26. The normalized spacial score (nSPS) is 14.7. The first-order valence-electron chi connectivity index (χ1n) is 13.0. The van der Waals surface area contributed by atoms with Gasteiger partial charge in [-0.05, 0) is 84.8 Å². The first-order valence-corrected chi connectivity index (χ1v) is 13.9. The van der Waals surface area contributed by atoms with Gasteiger partial charge >= 0.3 is 5.97 Å². The second-order valence-corrected chi connectivity index (χ2v) is 10.3. The molecule has 1 aliphatic rings. The van der Waals surface area contributed by atoms with Crippen LogP contribution in [-0.4, -0.2) is 23.8 Å². The number of furan rings is 1. The Kier molecular flexibility index (Phi) is 7.16. The third-order valence-corrected chi connectivity index (χ3v) is 7.95. The second kappa shape index (κ2) is 11.2. The molecule has 7 nitrogen and oxygen atoms in total. The van der Waals surface area contributed by atoms with Crippen LogP contribution in [0.5, 0.6) is 11.5 Å². The Morgan fingerprint density at radius 3 is 2.35 bits per heavy atom. The van der Waals surface area contributed by atoms with Crippen LogP contribution in [0.25, 0.3) is 11.3 Å². The molecule has 5 aromatic rings. The Morgan fingerprint density at radius 2 is 1.68 bits per heavy atom. The number of rotatable bonds is 8. The van der Waals surface area contributed by atoms with Crippen molar-refractivity contribution < 1.29 is 18.7 Å². The summed E-state index contributed by atoms with van der Waals surface area (Å²) in [7, 11) is 1.66. The summed E-state index contributed by atoms with van der Waals surface area (Å²) in [4.78, 5) is 18.6. The molecule has 2 aromatic heterocycles. The summed E-state index contributed by atoms with van der Waals surface area (Å²) in [5.74, 6) is 1.74. The molecular formula is C32H27N3O4S. The van der Waals surface area contributed by atoms with Crippen molar-refractivity contribution in [1.82, 2.24) is 4.98 Å². The lowest BCUT2D eigenvalue weighted by Gasteiger charge is -2.18. The zero-order valence-electron chi connectivity index (χ0n) is 22.1. The fraction of sp³-hybridized carbons (Fsp3) is 0.156. The van der Waals surface area contributed by atoms with Crippen molar-refractivity contribution in [3.05, 3.63) is 119 Å². The van der Waals surface area contributed by atoms with Crippen LogP contribution in [0.4, 0.5) is 5.13 Å². The van der Waals surface area contributed by atoms with Crippen molar-refractivity contribution in [2.24, 2.45) is 5.10 Å². The van der Waals surface area contributed by atoms with Gasteiger partial charge in [0.15, 0.2) is 0 Å². The van der Waals surface area contributed by atoms with Crippen molar-refractivity contribution >= 4 is 28.1 Å². The Morgan fingerprint density at radius 1 is 0.950 bits per heavy atom. The van der Waals surface area contributed by atoms with E-state index in [4.69, 9.17) is 24.0 Å². The summed E-state index contributed by atoms with van der Waals surface area (Å²) < 4.78 is 16.7. The lowest BCUT2D eigenvalue weighted by atomic mass is 10.0. The third kappa shape index (κ3) is 5.13. The Hall–Kier alpha value is -4.69. The molecule has 0 saturated heterocycles. The van der Waals surface area contributed by atoms with Gasteiger partial charge in [-0.25, -0.2) is 14.8 Å². The zero-order valence-corrected chi connectivity index (χ0v) is 22.9. The quantitative estimate of drug-likeness (QED) is 0.147. The molecule has 0 amide bonds. The minimum absolute atomic E-state index is 0.101. The summed E-state index contributed by atoms with van der Waals surface area (Å²) >= 11 is 1.63. The maximum atomic E-state index is 12.4. The molecule has 0 fully saturated rings. The molecule has 0 N–H and O–H groups in total. The van der Waals surface area contributed by atoms with Crippen LogP contribution in [0.1, 0.15) is 45.9 Å². The number of thiazole rings is 1. The number of hydrogen-bond acceptors (Lipinski definition) is 8. The van der Waals surface area contributed by atoms with E-state index in [9.17, 15) is 4.79 Å². The van der Waals surface area contributed by atoms with E-state index >= 15 is 0 Å². The molecule has 1 atom stereocenters. The van der Waals surface area contributed by atoms with Gasteiger partial charge in [0, 0.05) is 16.9 Å². The van der Waals surface area contributed by atoms with Crippen molar-refractivity contribution in [3.63, 3.8) is 0 Å². The Balaban J connectivity index is 1.29. The van der Waals surface area contributed by atoms with Crippen LogP contribution in [0.15, 0.2) is 107 Å². The number of carbonyl (C=O) groups is 1. The molecule has 1 aliphatic heterocycles. The maximum absolute atomic E-state index is 12.4. The number of carbonyl (C=O) groups excluding carboxylic acids is 1. The summed E-state index contributed by atoms with van der Waals surface area (Å²) in [6, 6.07) is 28.1. The van der Waals surface area contributed by atoms with Crippen LogP contribution in [0.2, 0.25) is 0 Å². The van der Waals surface area contributed by atoms with E-state index in [1.165, 1.54) is 0 Å². The number of methoxy groups -OCH3 is 1. The molecule has 0 unspecified atom stereocenters. The van der Waals surface area contributed by atoms with Gasteiger partial charge in [0.05, 0.1) is 30.3 Å². The van der Waals surface area contributed by atoms with E-state index in [-0.39, 0.29) is 12.0 Å². The number of aromatic nitrogens is 1. The van der Waals surface area contributed by atoms with Crippen molar-refractivity contribution in [2.45, 2.75) is 25.8 Å². The third-order valence-electron chi connectivity index (χ3n) is 6.76. The number of hydrazone groups is 1. The topological polar surface area (TPSA) is 77.2 Å². The Labute approximate surface area is 236 Å². The molecule has 0 aliphatic carbocycles. The number of aryl methyl sites for hydroxylation is 1. The van der Waals surface area contributed by atoms with E-state index in [2.05, 4.69) is 6.92 Å². The highest BCUT2D eigenvalue weighted by Crippen LogP contribution is 2.42. The summed E-state index contributed by atoms with van der Waals surface area (Å²) in [6.07, 6.45) is 3.21. The minimum Gasteiger partial charge on any atom is -0.497 e. The highest BCUT2D eigenvalue weighted by molar-refractivity contribution is 7.16. The molecule has 3 aromatic carbocycles. The molecule has 6 rings (SSSR count). The maximum Gasteiger partial charge on any atom is 0.343 e. The van der Waals surface area contributed by atoms with E-state index in [1.54, 1.807) is 49.0 Å². The van der Waals surface area contributed by atoms with Crippen LogP contribution >= 0.6 is 11.3 Å². The molecule has 40 heavy (non-hydrogen) atoms. The summed E-state index contributed by atoms with van der Waals surface area (Å²) in [5.41, 5.74) is 4.35. The molecule has 200 valence electrons. The van der Waals surface area contributed by atoms with Gasteiger partial charge in [-0.3, -0.25) is 0 Å². The fourth-order valence-electron chi connectivity index (χ4n) is 4.67. The number of anilines is 1. The van der Waals surface area contributed by atoms with Crippen molar-refractivity contribution in [3.8, 4) is 22.8 Å². The molecular weight excluding hydrogens is 522 g/mol. The largest absolute Gasteiger partial charge is 0.497 e. The molecule has 0 saturated carbocycles. The van der Waals surface area contributed by atoms with Crippen LogP contribution in [0.3, 0.4) is 0 Å². The van der Waals surface area contributed by atoms with Crippen LogP contribution in [0, 0.1) is 0 Å². The lowest BCUT2D eigenvalue weighted by Crippen LogP contribution is -2.17. The standard InChI is InChI=1S/C32H27N3O4S/c1-3-29-30(22-13-17-25(18-14-22)39-31(36)23-8-5-4-6-9-23)33-32(40-29)35-27(28-10-7-19-38-28)20-26(34-35)21-11-15-24(37-2)16-12-21/h4-19,27H,3,20H2,1-2H3/t27-/m1/s1. The van der Waals surface area contributed by atoms with E-state index in [0.29, 0.717) is 17.7 Å². The Bertz CT molecular complexity index is 1630. The van der Waals surface area contributed by atoms with Crippen molar-refractivity contribution in [1.29, 1.82) is 0 Å². The SMILES string of the molecule is CCc1sc(N2N=C(c3ccc(OC)cc3)C[C@@H]2c2ccco2)nc1-c1ccc(OC(=O)c2ccccc2)cc1. The molecule has 0 radical (unpaired) electrons. The molecule has 3 heterocycles. The van der Waals surface area contributed by atoms with Crippen LogP contribution < -0.4 is 14.5 Å². The average Bonchev–Trinajstić information content (AvgIpc) is 3.78. The summed E-state index contributed by atoms with van der Waals surface area (Å²) in [5, 5.41) is 7.80. The lowest BCUT2D eigenvalue weighted by molar-refractivity contribution is 0.0735. The zero-order chi connectivity index (χ0) is 27.5. The molecule has 0 spiro atoms. The first kappa shape index (κ1) is 25.6. The minimum atomic E-state index is -0.387. The summed E-state index contributed by atoms with van der Waals surface area (Å²) in [6.45, 7) is 2.12. The van der Waals surface area contributed by atoms with Gasteiger partial charge in [0.1, 0.15) is 23.3 Å². The van der Waals surface area contributed by atoms with Gasteiger partial charge in [0.2, 0.25) is 5.13 Å². The molecule has 8 heteroatoms. The number of benzene rings is 3. The number of nitrogens with zero attached hydrogens (tertiary/aromatic N) is 3. The smallest absolute Gasteiger partial charge is 0.343 e. The number of esters is 1. The highest BCUT2D eigenvalue weighted by atomic mass is 32.1. The van der Waals surface area contributed by atoms with Crippen molar-refractivity contribution in [2.75, 3.05) is 12.1 Å². The number of hydrogen-bond donors (Lipinski definition) is 0. The first-order chi connectivity index (χ1) is 19.6.